The van der Waals surface area contributed by atoms with Gasteiger partial charge in [0.25, 0.3) is 11.8 Å². The van der Waals surface area contributed by atoms with Crippen molar-refractivity contribution in [1.82, 2.24) is 10.6 Å². The van der Waals surface area contributed by atoms with Gasteiger partial charge in [0.1, 0.15) is 11.6 Å². The van der Waals surface area contributed by atoms with Gasteiger partial charge in [-0.2, -0.15) is 0 Å². The molecule has 5 rings (SSSR count). The van der Waals surface area contributed by atoms with E-state index in [1.165, 1.54) is 12.1 Å². The summed E-state index contributed by atoms with van der Waals surface area (Å²) in [5.74, 6) is -0.872. The van der Waals surface area contributed by atoms with Crippen molar-refractivity contribution in [2.45, 2.75) is 49.8 Å². The van der Waals surface area contributed by atoms with Gasteiger partial charge in [-0.25, -0.2) is 4.39 Å². The number of amides is 2. The molecule has 0 aliphatic heterocycles. The first-order chi connectivity index (χ1) is 14.5. The molecule has 6 nitrogen and oxygen atoms in total. The molecule has 3 N–H and O–H groups in total. The van der Waals surface area contributed by atoms with E-state index in [-0.39, 0.29) is 40.3 Å². The molecule has 0 spiro atoms. The van der Waals surface area contributed by atoms with E-state index >= 15 is 0 Å². The smallest absolute Gasteiger partial charge is 0.258 e. The number of rotatable bonds is 7. The number of halogens is 2. The maximum absolute atomic E-state index is 13.4. The third-order valence-electron chi connectivity index (χ3n) is 5.91. The van der Waals surface area contributed by atoms with Crippen molar-refractivity contribution in [3.05, 3.63) is 64.4 Å². The van der Waals surface area contributed by atoms with E-state index in [4.69, 9.17) is 16.3 Å². The van der Waals surface area contributed by atoms with Crippen molar-refractivity contribution >= 4 is 23.4 Å². The Balaban J connectivity index is 1.26. The van der Waals surface area contributed by atoms with Crippen LogP contribution in [0.5, 0.6) is 5.75 Å². The first-order valence-corrected chi connectivity index (χ1v) is 10.4. The molecule has 3 saturated carbocycles. The zero-order valence-electron chi connectivity index (χ0n) is 17.3. The Labute approximate surface area is 184 Å². The van der Waals surface area contributed by atoms with Gasteiger partial charge in [0, 0.05) is 22.7 Å². The van der Waals surface area contributed by atoms with Crippen LogP contribution in [0.4, 0.5) is 4.39 Å². The van der Waals surface area contributed by atoms with Crippen molar-refractivity contribution in [3.8, 4) is 5.75 Å². The number of hydrogen-bond donors (Lipinski definition) is 3. The fourth-order valence-electron chi connectivity index (χ4n) is 4.45. The Morgan fingerprint density at radius 3 is 2.45 bits per heavy atom. The summed E-state index contributed by atoms with van der Waals surface area (Å²) in [5, 5.41) is 16.2. The number of carbonyl (C=O) groups is 2. The van der Waals surface area contributed by atoms with Crippen molar-refractivity contribution in [3.63, 3.8) is 0 Å². The topological polar surface area (TPSA) is 87.7 Å². The molecule has 0 heterocycles. The molecule has 31 heavy (non-hydrogen) atoms. The number of nitrogens with one attached hydrogen (secondary N) is 2. The Hall–Kier alpha value is -2.64. The van der Waals surface area contributed by atoms with Crippen LogP contribution in [0.3, 0.4) is 0 Å². The van der Waals surface area contributed by atoms with Crippen LogP contribution in [0.1, 0.15) is 49.0 Å². The van der Waals surface area contributed by atoms with E-state index in [9.17, 15) is 19.1 Å². The average molecular weight is 447 g/mol. The molecule has 3 aliphatic rings. The highest BCUT2D eigenvalue weighted by Crippen LogP contribution is 2.60. The molecule has 2 amide bonds. The maximum atomic E-state index is 13.4. The van der Waals surface area contributed by atoms with E-state index in [2.05, 4.69) is 10.6 Å². The third-order valence-corrected chi connectivity index (χ3v) is 6.21. The van der Waals surface area contributed by atoms with E-state index < -0.39 is 11.4 Å². The minimum absolute atomic E-state index is 0.00943. The highest BCUT2D eigenvalue weighted by molar-refractivity contribution is 6.30. The lowest BCUT2D eigenvalue weighted by molar-refractivity contribution is -0.141. The molecule has 0 aromatic heterocycles. The highest BCUT2D eigenvalue weighted by Gasteiger charge is 2.69. The number of ether oxygens (including phenoxy) is 1. The van der Waals surface area contributed by atoms with Gasteiger partial charge in [-0.1, -0.05) is 23.7 Å². The standard InChI is InChI=1S/C23H24ClFN2O4/c1-21(2,30)15-5-3-4-14(8-15)20(29)27-23-11-22(12-23,13-23)26-19(28)10-31-16-6-7-17(24)18(25)9-16/h3-9,30H,10-13H2,1-2H3,(H,26,28)(H,27,29). The molecule has 0 radical (unpaired) electrons. The molecular weight excluding hydrogens is 423 g/mol. The summed E-state index contributed by atoms with van der Waals surface area (Å²) < 4.78 is 18.8. The van der Waals surface area contributed by atoms with Crippen LogP contribution < -0.4 is 15.4 Å². The van der Waals surface area contributed by atoms with Gasteiger partial charge < -0.3 is 20.5 Å². The average Bonchev–Trinajstić information content (AvgIpc) is 2.65. The second-order valence-electron chi connectivity index (χ2n) is 9.10. The van der Waals surface area contributed by atoms with Gasteiger partial charge in [0.05, 0.1) is 10.6 Å². The summed E-state index contributed by atoms with van der Waals surface area (Å²) in [4.78, 5) is 24.9. The second kappa shape index (κ2) is 7.50. The van der Waals surface area contributed by atoms with Crippen LogP contribution in [-0.4, -0.2) is 34.6 Å². The molecule has 0 unspecified atom stereocenters. The van der Waals surface area contributed by atoms with Crippen LogP contribution in [0.25, 0.3) is 0 Å². The SMILES string of the molecule is CC(C)(O)c1cccc(C(=O)NC23CC(NC(=O)COc4ccc(Cl)c(F)c4)(C2)C3)c1. The summed E-state index contributed by atoms with van der Waals surface area (Å²) in [6.45, 7) is 3.11. The van der Waals surface area contributed by atoms with E-state index in [0.29, 0.717) is 30.4 Å². The summed E-state index contributed by atoms with van der Waals surface area (Å²) in [6, 6.07) is 10.9. The molecule has 8 heteroatoms. The molecule has 0 atom stereocenters. The minimum Gasteiger partial charge on any atom is -0.484 e. The van der Waals surface area contributed by atoms with Crippen molar-refractivity contribution in [1.29, 1.82) is 0 Å². The summed E-state index contributed by atoms with van der Waals surface area (Å²) in [5.41, 5.74) is -0.502. The van der Waals surface area contributed by atoms with Crippen LogP contribution in [0, 0.1) is 5.82 Å². The number of aliphatic hydroxyl groups is 1. The van der Waals surface area contributed by atoms with Crippen LogP contribution in [-0.2, 0) is 10.4 Å². The predicted octanol–water partition coefficient (Wildman–Crippen LogP) is 3.31. The molecule has 0 saturated heterocycles. The Bertz CT molecular complexity index is 1030. The van der Waals surface area contributed by atoms with E-state index in [0.717, 1.165) is 6.07 Å². The zero-order valence-corrected chi connectivity index (χ0v) is 18.1. The summed E-state index contributed by atoms with van der Waals surface area (Å²) in [7, 11) is 0. The fourth-order valence-corrected chi connectivity index (χ4v) is 4.57. The van der Waals surface area contributed by atoms with Gasteiger partial charge in [-0.3, -0.25) is 9.59 Å². The highest BCUT2D eigenvalue weighted by atomic mass is 35.5. The fraction of sp³-hybridized carbons (Fsp3) is 0.391. The molecule has 3 aliphatic carbocycles. The lowest BCUT2D eigenvalue weighted by Crippen LogP contribution is -2.84. The second-order valence-corrected chi connectivity index (χ2v) is 9.50. The summed E-state index contributed by atoms with van der Waals surface area (Å²) in [6.07, 6.45) is 1.95. The first kappa shape index (κ1) is 21.6. The van der Waals surface area contributed by atoms with Crippen molar-refractivity contribution in [2.75, 3.05) is 6.61 Å². The molecular formula is C23H24ClFN2O4. The Morgan fingerprint density at radius 2 is 1.81 bits per heavy atom. The monoisotopic (exact) mass is 446 g/mol. The van der Waals surface area contributed by atoms with E-state index in [1.54, 1.807) is 38.1 Å². The third kappa shape index (κ3) is 4.38. The molecule has 2 aromatic rings. The Kier molecular flexibility index (Phi) is 5.22. The van der Waals surface area contributed by atoms with Gasteiger partial charge in [-0.05, 0) is 62.9 Å². The van der Waals surface area contributed by atoms with Gasteiger partial charge in [0.2, 0.25) is 0 Å². The van der Waals surface area contributed by atoms with Gasteiger partial charge in [0.15, 0.2) is 6.61 Å². The van der Waals surface area contributed by atoms with Crippen molar-refractivity contribution < 1.29 is 23.8 Å². The number of benzene rings is 2. The van der Waals surface area contributed by atoms with Gasteiger partial charge >= 0.3 is 0 Å². The minimum atomic E-state index is -1.03. The normalized spacial score (nSPS) is 23.9. The number of carbonyl (C=O) groups excluding carboxylic acids is 2. The largest absolute Gasteiger partial charge is 0.484 e. The maximum Gasteiger partial charge on any atom is 0.258 e. The zero-order chi connectivity index (χ0) is 22.4. The lowest BCUT2D eigenvalue weighted by atomic mass is 9.44. The Morgan fingerprint density at radius 1 is 1.13 bits per heavy atom. The van der Waals surface area contributed by atoms with Crippen LogP contribution in [0.15, 0.2) is 42.5 Å². The quantitative estimate of drug-likeness (QED) is 0.609. The van der Waals surface area contributed by atoms with Crippen LogP contribution in [0.2, 0.25) is 5.02 Å². The van der Waals surface area contributed by atoms with Gasteiger partial charge in [-0.15, -0.1) is 0 Å². The number of hydrogen-bond acceptors (Lipinski definition) is 4. The molecule has 164 valence electrons. The van der Waals surface area contributed by atoms with Crippen LogP contribution >= 0.6 is 11.6 Å². The molecule has 2 aromatic carbocycles. The predicted molar refractivity (Wildman–Crippen MR) is 114 cm³/mol. The van der Waals surface area contributed by atoms with E-state index in [1.807, 2.05) is 0 Å². The molecule has 2 bridgehead atoms. The molecule has 3 fully saturated rings. The lowest BCUT2D eigenvalue weighted by Gasteiger charge is -2.70. The first-order valence-electron chi connectivity index (χ1n) is 10.0. The summed E-state index contributed by atoms with van der Waals surface area (Å²) >= 11 is 5.63. The van der Waals surface area contributed by atoms with Crippen molar-refractivity contribution in [2.24, 2.45) is 0 Å².